The summed E-state index contributed by atoms with van der Waals surface area (Å²) in [6, 6.07) is 13.5. The van der Waals surface area contributed by atoms with Crippen LogP contribution in [0.5, 0.6) is 5.75 Å². The minimum absolute atomic E-state index is 0.112. The summed E-state index contributed by atoms with van der Waals surface area (Å²) < 4.78 is 10.3. The summed E-state index contributed by atoms with van der Waals surface area (Å²) in [5.41, 5.74) is 10.2. The van der Waals surface area contributed by atoms with Crippen molar-refractivity contribution < 1.29 is 19.4 Å². The monoisotopic (exact) mass is 679 g/mol. The van der Waals surface area contributed by atoms with E-state index in [0.717, 1.165) is 50.3 Å². The average Bonchev–Trinajstić information content (AvgIpc) is 3.72. The van der Waals surface area contributed by atoms with Crippen molar-refractivity contribution in [3.05, 3.63) is 109 Å². The summed E-state index contributed by atoms with van der Waals surface area (Å²) in [7, 11) is 1.83. The first-order valence-electron chi connectivity index (χ1n) is 16.2. The number of hydrogen-bond acceptors (Lipinski definition) is 3. The van der Waals surface area contributed by atoms with Gasteiger partial charge in [0, 0.05) is 34.6 Å². The highest BCUT2D eigenvalue weighted by atomic mass is 35.5. The van der Waals surface area contributed by atoms with E-state index in [4.69, 9.17) is 27.9 Å². The fraction of sp³-hybridized carbons (Fsp3) is 0.282. The van der Waals surface area contributed by atoms with Crippen molar-refractivity contribution >= 4 is 68.1 Å². The van der Waals surface area contributed by atoms with Crippen LogP contribution >= 0.6 is 23.2 Å². The zero-order valence-electron chi connectivity index (χ0n) is 27.5. The van der Waals surface area contributed by atoms with Crippen molar-refractivity contribution in [2.75, 3.05) is 18.1 Å². The number of fused-ring (bicyclic) bond motifs is 4. The molecule has 48 heavy (non-hydrogen) atoms. The number of para-hydroxylation sites is 1. The summed E-state index contributed by atoms with van der Waals surface area (Å²) in [5.74, 6) is -0.334. The number of rotatable bonds is 7. The molecule has 7 nitrogen and oxygen atoms in total. The maximum atomic E-state index is 15.0. The Bertz CT molecular complexity index is 2320. The molecule has 1 N–H and O–H groups in total. The molecule has 0 saturated carbocycles. The summed E-state index contributed by atoms with van der Waals surface area (Å²) >= 11 is 13.4. The third-order valence-electron chi connectivity index (χ3n) is 10.5. The highest BCUT2D eigenvalue weighted by Crippen LogP contribution is 2.56. The Morgan fingerprint density at radius 2 is 1.79 bits per heavy atom. The van der Waals surface area contributed by atoms with E-state index in [0.29, 0.717) is 53.3 Å². The molecule has 2 aliphatic heterocycles. The van der Waals surface area contributed by atoms with E-state index in [1.807, 2.05) is 66.8 Å². The number of carbonyl (C=O) groups is 2. The molecule has 1 atom stereocenters. The predicted octanol–water partition coefficient (Wildman–Crippen LogP) is 9.26. The number of benzene rings is 3. The second kappa shape index (κ2) is 10.8. The van der Waals surface area contributed by atoms with Crippen LogP contribution in [-0.2, 0) is 19.0 Å². The van der Waals surface area contributed by atoms with Gasteiger partial charge in [0.25, 0.3) is 5.91 Å². The minimum Gasteiger partial charge on any atom is -0.494 e. The fourth-order valence-electron chi connectivity index (χ4n) is 8.39. The number of allylic oxidation sites excluding steroid dienone is 3. The number of nitrogens with zero attached hydrogens (tertiary/aromatic N) is 3. The fourth-order valence-corrected chi connectivity index (χ4v) is 8.75. The van der Waals surface area contributed by atoms with Gasteiger partial charge in [-0.3, -0.25) is 4.79 Å². The molecule has 0 saturated heterocycles. The van der Waals surface area contributed by atoms with Crippen LogP contribution in [0.4, 0.5) is 5.69 Å². The Hall–Kier alpha value is -4.46. The third kappa shape index (κ3) is 4.20. The van der Waals surface area contributed by atoms with Crippen molar-refractivity contribution in [1.29, 1.82) is 0 Å². The number of anilines is 1. The molecule has 2 aromatic heterocycles. The van der Waals surface area contributed by atoms with Crippen LogP contribution in [0.25, 0.3) is 27.4 Å². The van der Waals surface area contributed by atoms with E-state index < -0.39 is 11.5 Å². The standard InChI is InChI=1S/C39H35Cl2N3O4/c1-20-11-13-28-31(20)32-29(40)14-12-26-24(9-7-15-48-23-16-21(2)33(41)22(3)17-23)36-37(45)43(19-39(28,4)44(36)35(26)32)30-10-6-8-25-27(38(46)47)18-42(5)34(25)30/h6,8,10,12-14,16-18H,7,9,11,15,19H2,1-5H3,(H,46,47)/t39-/m1/s1. The number of carbonyl (C=O) groups excluding carboxylic acids is 1. The van der Waals surface area contributed by atoms with E-state index in [-0.39, 0.29) is 11.5 Å². The molecular weight excluding hydrogens is 645 g/mol. The van der Waals surface area contributed by atoms with Crippen LogP contribution in [0.15, 0.2) is 65.9 Å². The van der Waals surface area contributed by atoms with E-state index in [9.17, 15) is 9.90 Å². The number of hydrogen-bond donors (Lipinski definition) is 1. The van der Waals surface area contributed by atoms with Gasteiger partial charge in [0.05, 0.1) is 46.0 Å². The lowest BCUT2D eigenvalue weighted by atomic mass is 9.78. The van der Waals surface area contributed by atoms with Gasteiger partial charge in [-0.05, 0) is 99.1 Å². The van der Waals surface area contributed by atoms with Crippen LogP contribution < -0.4 is 9.64 Å². The van der Waals surface area contributed by atoms with E-state index >= 15 is 4.79 Å². The largest absolute Gasteiger partial charge is 0.494 e. The first-order valence-corrected chi connectivity index (χ1v) is 17.0. The normalized spacial score (nSPS) is 18.3. The van der Waals surface area contributed by atoms with Gasteiger partial charge in [0.15, 0.2) is 0 Å². The number of aromatic nitrogens is 2. The van der Waals surface area contributed by atoms with Crippen molar-refractivity contribution in [3.8, 4) is 5.75 Å². The summed E-state index contributed by atoms with van der Waals surface area (Å²) in [4.78, 5) is 29.0. The lowest BCUT2D eigenvalue weighted by molar-refractivity contribution is 0.0698. The highest BCUT2D eigenvalue weighted by Gasteiger charge is 2.51. The molecule has 3 aromatic carbocycles. The molecule has 0 unspecified atom stereocenters. The van der Waals surface area contributed by atoms with Crippen LogP contribution in [0.3, 0.4) is 0 Å². The Labute approximate surface area is 288 Å². The Morgan fingerprint density at radius 1 is 1.04 bits per heavy atom. The van der Waals surface area contributed by atoms with Gasteiger partial charge in [-0.2, -0.15) is 0 Å². The maximum absolute atomic E-state index is 15.0. The quantitative estimate of drug-likeness (QED) is 0.174. The van der Waals surface area contributed by atoms with Gasteiger partial charge in [0.1, 0.15) is 11.4 Å². The van der Waals surface area contributed by atoms with Gasteiger partial charge in [-0.25, -0.2) is 4.79 Å². The molecule has 1 amide bonds. The molecule has 0 spiro atoms. The minimum atomic E-state index is -0.999. The van der Waals surface area contributed by atoms with Gasteiger partial charge in [0.2, 0.25) is 0 Å². The Balaban J connectivity index is 1.29. The maximum Gasteiger partial charge on any atom is 0.337 e. The SMILES string of the molecule is CC1=C2C(=CC1)[C@@]1(C)CN(c3cccc4c(C(=O)O)cn(C)c34)C(=O)c3c(CCCOc4cc(C)c(Cl)c(C)c4)c4ccc(Cl)c2c4n31. The lowest BCUT2D eigenvalue weighted by Crippen LogP contribution is -2.54. The molecule has 9 heteroatoms. The number of aryl methyl sites for hydroxylation is 4. The van der Waals surface area contributed by atoms with Crippen LogP contribution in [0.1, 0.15) is 69.8 Å². The van der Waals surface area contributed by atoms with Gasteiger partial charge < -0.3 is 23.9 Å². The number of ether oxygens (including phenoxy) is 1. The van der Waals surface area contributed by atoms with E-state index in [2.05, 4.69) is 30.6 Å². The number of carboxylic acid groups (broad SMARTS) is 1. The summed E-state index contributed by atoms with van der Waals surface area (Å²) in [5, 5.41) is 13.0. The van der Waals surface area contributed by atoms with Gasteiger partial charge >= 0.3 is 5.97 Å². The molecule has 0 bridgehead atoms. The molecule has 4 heterocycles. The molecular formula is C39H35Cl2N3O4. The van der Waals surface area contributed by atoms with E-state index in [1.165, 1.54) is 16.7 Å². The summed E-state index contributed by atoms with van der Waals surface area (Å²) in [6.45, 7) is 9.19. The molecule has 244 valence electrons. The highest BCUT2D eigenvalue weighted by molar-refractivity contribution is 6.34. The number of amides is 1. The van der Waals surface area contributed by atoms with E-state index in [1.54, 1.807) is 6.20 Å². The molecule has 3 aliphatic rings. The third-order valence-corrected chi connectivity index (χ3v) is 11.4. The van der Waals surface area contributed by atoms with Crippen molar-refractivity contribution in [3.63, 3.8) is 0 Å². The number of aromatic carboxylic acids is 1. The predicted molar refractivity (Wildman–Crippen MR) is 192 cm³/mol. The van der Waals surface area contributed by atoms with Gasteiger partial charge in [-0.15, -0.1) is 0 Å². The topological polar surface area (TPSA) is 76.7 Å². The molecule has 5 aromatic rings. The number of carboxylic acids is 1. The zero-order valence-corrected chi connectivity index (χ0v) is 29.0. The van der Waals surface area contributed by atoms with Crippen molar-refractivity contribution in [1.82, 2.24) is 9.13 Å². The zero-order chi connectivity index (χ0) is 33.8. The van der Waals surface area contributed by atoms with Crippen LogP contribution in [0, 0.1) is 13.8 Å². The molecule has 8 rings (SSSR count). The Morgan fingerprint density at radius 3 is 2.52 bits per heavy atom. The average molecular weight is 681 g/mol. The van der Waals surface area contributed by atoms with Crippen molar-refractivity contribution in [2.24, 2.45) is 7.05 Å². The smallest absolute Gasteiger partial charge is 0.337 e. The Kier molecular flexibility index (Phi) is 6.92. The van der Waals surface area contributed by atoms with Crippen LogP contribution in [0.2, 0.25) is 10.0 Å². The first-order chi connectivity index (χ1) is 22.9. The van der Waals surface area contributed by atoms with Crippen LogP contribution in [-0.4, -0.2) is 39.3 Å². The van der Waals surface area contributed by atoms with Crippen molar-refractivity contribution in [2.45, 2.75) is 52.5 Å². The van der Waals surface area contributed by atoms with Gasteiger partial charge in [-0.1, -0.05) is 53.1 Å². The lowest BCUT2D eigenvalue weighted by Gasteiger charge is -2.47. The second-order valence-electron chi connectivity index (χ2n) is 13.6. The molecule has 0 fully saturated rings. The first kappa shape index (κ1) is 30.8. The summed E-state index contributed by atoms with van der Waals surface area (Å²) in [6.07, 6.45) is 6.04. The molecule has 1 aliphatic carbocycles. The molecule has 0 radical (unpaired) electrons. The second-order valence-corrected chi connectivity index (χ2v) is 14.4. The number of halogens is 2.